The molecular weight excluding hydrogens is 409 g/mol. The van der Waals surface area contributed by atoms with Crippen molar-refractivity contribution in [2.24, 2.45) is 11.8 Å². The number of halogens is 3. The first-order chi connectivity index (χ1) is 9.49. The summed E-state index contributed by atoms with van der Waals surface area (Å²) in [5, 5.41) is 0.589. The first-order valence-corrected chi connectivity index (χ1v) is 8.61. The van der Waals surface area contributed by atoms with Crippen LogP contribution in [0.4, 0.5) is 5.69 Å². The Kier molecular flexibility index (Phi) is 3.95. The molecule has 1 heterocycles. The maximum absolute atomic E-state index is 12.5. The predicted octanol–water partition coefficient (Wildman–Crippen LogP) is 3.77. The minimum Gasteiger partial charge on any atom is -0.274 e. The van der Waals surface area contributed by atoms with Crippen LogP contribution in [0.5, 0.6) is 0 Å². The molecule has 4 atom stereocenters. The van der Waals surface area contributed by atoms with Crippen LogP contribution >= 0.6 is 43.5 Å². The van der Waals surface area contributed by atoms with Crippen molar-refractivity contribution in [2.75, 3.05) is 4.90 Å². The SMILES string of the molecule is O=C1[C@H]2C[C@@H](Br)[C@H](Br)C[C@@H]2C(=O)N1c1ccc(Cl)cc1. The number of carbonyl (C=O) groups is 2. The Bertz CT molecular complexity index is 535. The standard InChI is InChI=1S/C14H12Br2ClNO2/c15-11-5-9-10(6-12(11)16)14(20)18(13(9)19)8-3-1-7(17)2-4-8/h1-4,9-12H,5-6H2/t9-,10-,11+,12+/m0/s1. The molecule has 3 nitrogen and oxygen atoms in total. The van der Waals surface area contributed by atoms with E-state index in [2.05, 4.69) is 31.9 Å². The largest absolute Gasteiger partial charge is 0.274 e. The number of hydrogen-bond acceptors (Lipinski definition) is 2. The number of nitrogens with zero attached hydrogens (tertiary/aromatic N) is 1. The lowest BCUT2D eigenvalue weighted by atomic mass is 9.81. The van der Waals surface area contributed by atoms with Crippen LogP contribution in [0, 0.1) is 11.8 Å². The van der Waals surface area contributed by atoms with E-state index in [1.165, 1.54) is 4.90 Å². The highest BCUT2D eigenvalue weighted by molar-refractivity contribution is 9.12. The van der Waals surface area contributed by atoms with E-state index in [1.54, 1.807) is 24.3 Å². The topological polar surface area (TPSA) is 37.4 Å². The first-order valence-electron chi connectivity index (χ1n) is 6.40. The monoisotopic (exact) mass is 419 g/mol. The minimum atomic E-state index is -0.212. The molecule has 0 N–H and O–H groups in total. The summed E-state index contributed by atoms with van der Waals surface area (Å²) in [5.41, 5.74) is 0.607. The Morgan fingerprint density at radius 3 is 1.85 bits per heavy atom. The Balaban J connectivity index is 1.93. The molecule has 106 valence electrons. The van der Waals surface area contributed by atoms with Gasteiger partial charge in [-0.3, -0.25) is 14.5 Å². The molecule has 1 saturated carbocycles. The molecule has 0 bridgehead atoms. The third-order valence-electron chi connectivity index (χ3n) is 4.00. The summed E-state index contributed by atoms with van der Waals surface area (Å²) in [7, 11) is 0. The van der Waals surface area contributed by atoms with Gasteiger partial charge in [0, 0.05) is 14.7 Å². The summed E-state index contributed by atoms with van der Waals surface area (Å²) in [5.74, 6) is -0.606. The summed E-state index contributed by atoms with van der Waals surface area (Å²) in [6, 6.07) is 6.82. The smallest absolute Gasteiger partial charge is 0.237 e. The quantitative estimate of drug-likeness (QED) is 0.511. The summed E-state index contributed by atoms with van der Waals surface area (Å²) in [4.78, 5) is 26.8. The molecule has 1 aliphatic heterocycles. The van der Waals surface area contributed by atoms with Gasteiger partial charge < -0.3 is 0 Å². The summed E-state index contributed by atoms with van der Waals surface area (Å²) >= 11 is 13.0. The van der Waals surface area contributed by atoms with Crippen molar-refractivity contribution in [3.05, 3.63) is 29.3 Å². The van der Waals surface area contributed by atoms with Gasteiger partial charge in [0.05, 0.1) is 17.5 Å². The van der Waals surface area contributed by atoms with Gasteiger partial charge in [0.15, 0.2) is 0 Å². The molecule has 0 radical (unpaired) electrons. The average Bonchev–Trinajstić information content (AvgIpc) is 2.65. The highest BCUT2D eigenvalue weighted by Crippen LogP contribution is 2.44. The van der Waals surface area contributed by atoms with E-state index in [9.17, 15) is 9.59 Å². The number of rotatable bonds is 1. The van der Waals surface area contributed by atoms with Crippen LogP contribution in [-0.4, -0.2) is 21.5 Å². The number of carbonyl (C=O) groups excluding carboxylic acids is 2. The predicted molar refractivity (Wildman–Crippen MR) is 85.6 cm³/mol. The van der Waals surface area contributed by atoms with E-state index in [1.807, 2.05) is 0 Å². The molecule has 1 saturated heterocycles. The zero-order valence-electron chi connectivity index (χ0n) is 10.4. The Morgan fingerprint density at radius 1 is 0.950 bits per heavy atom. The molecule has 1 aromatic carbocycles. The molecule has 1 aliphatic carbocycles. The van der Waals surface area contributed by atoms with Gasteiger partial charge in [-0.25, -0.2) is 0 Å². The van der Waals surface area contributed by atoms with Gasteiger partial charge in [-0.05, 0) is 37.1 Å². The van der Waals surface area contributed by atoms with Crippen molar-refractivity contribution in [3.8, 4) is 0 Å². The van der Waals surface area contributed by atoms with Crippen molar-refractivity contribution in [2.45, 2.75) is 22.5 Å². The maximum atomic E-state index is 12.5. The van der Waals surface area contributed by atoms with Gasteiger partial charge >= 0.3 is 0 Å². The number of alkyl halides is 2. The number of hydrogen-bond donors (Lipinski definition) is 0. The zero-order valence-corrected chi connectivity index (χ0v) is 14.4. The number of imide groups is 1. The van der Waals surface area contributed by atoms with E-state index in [0.717, 1.165) is 0 Å². The van der Waals surface area contributed by atoms with Crippen LogP contribution in [0.15, 0.2) is 24.3 Å². The van der Waals surface area contributed by atoms with Crippen molar-refractivity contribution < 1.29 is 9.59 Å². The van der Waals surface area contributed by atoms with E-state index in [4.69, 9.17) is 11.6 Å². The molecule has 1 aromatic rings. The van der Waals surface area contributed by atoms with Crippen LogP contribution in [0.2, 0.25) is 5.02 Å². The first kappa shape index (κ1) is 14.5. The Morgan fingerprint density at radius 2 is 1.40 bits per heavy atom. The lowest BCUT2D eigenvalue weighted by Crippen LogP contribution is -2.34. The fraction of sp³-hybridized carbons (Fsp3) is 0.429. The molecule has 2 amide bonds. The normalized spacial score (nSPS) is 33.5. The van der Waals surface area contributed by atoms with Crippen molar-refractivity contribution in [1.82, 2.24) is 0 Å². The lowest BCUT2D eigenvalue weighted by molar-refractivity contribution is -0.122. The average molecular weight is 422 g/mol. The summed E-state index contributed by atoms with van der Waals surface area (Å²) in [6.45, 7) is 0. The molecule has 0 aromatic heterocycles. The molecule has 2 aliphatic rings. The zero-order chi connectivity index (χ0) is 14.4. The van der Waals surface area contributed by atoms with Crippen LogP contribution < -0.4 is 4.90 Å². The molecule has 3 rings (SSSR count). The van der Waals surface area contributed by atoms with Crippen molar-refractivity contribution in [1.29, 1.82) is 0 Å². The molecule has 0 spiro atoms. The minimum absolute atomic E-state index is 0.0915. The number of fused-ring (bicyclic) bond motifs is 1. The molecule has 6 heteroatoms. The van der Waals surface area contributed by atoms with E-state index >= 15 is 0 Å². The molecular formula is C14H12Br2ClNO2. The molecule has 20 heavy (non-hydrogen) atoms. The molecule has 0 unspecified atom stereocenters. The fourth-order valence-corrected chi connectivity index (χ4v) is 4.30. The second kappa shape index (κ2) is 5.43. The van der Waals surface area contributed by atoms with Gasteiger partial charge in [-0.2, -0.15) is 0 Å². The highest BCUT2D eigenvalue weighted by Gasteiger charge is 2.52. The van der Waals surface area contributed by atoms with Crippen molar-refractivity contribution in [3.63, 3.8) is 0 Å². The van der Waals surface area contributed by atoms with E-state index < -0.39 is 0 Å². The van der Waals surface area contributed by atoms with Crippen LogP contribution in [0.25, 0.3) is 0 Å². The lowest BCUT2D eigenvalue weighted by Gasteiger charge is -2.29. The maximum Gasteiger partial charge on any atom is 0.237 e. The van der Waals surface area contributed by atoms with Gasteiger partial charge in [0.2, 0.25) is 11.8 Å². The van der Waals surface area contributed by atoms with E-state index in [-0.39, 0.29) is 33.3 Å². The Hall–Kier alpha value is -0.390. The fourth-order valence-electron chi connectivity index (χ4n) is 2.94. The third kappa shape index (κ3) is 2.34. The van der Waals surface area contributed by atoms with E-state index in [0.29, 0.717) is 23.6 Å². The van der Waals surface area contributed by atoms with Gasteiger partial charge in [-0.15, -0.1) is 0 Å². The second-order valence-electron chi connectivity index (χ2n) is 5.20. The summed E-state index contributed by atoms with van der Waals surface area (Å²) in [6.07, 6.45) is 1.38. The second-order valence-corrected chi connectivity index (χ2v) is 7.99. The number of anilines is 1. The van der Waals surface area contributed by atoms with Crippen molar-refractivity contribution >= 4 is 61.0 Å². The van der Waals surface area contributed by atoms with Gasteiger partial charge in [0.25, 0.3) is 0 Å². The third-order valence-corrected chi connectivity index (χ3v) is 6.98. The number of amides is 2. The summed E-state index contributed by atoms with van der Waals surface area (Å²) < 4.78 is 0. The highest BCUT2D eigenvalue weighted by atomic mass is 79.9. The van der Waals surface area contributed by atoms with Gasteiger partial charge in [0.1, 0.15) is 0 Å². The Labute approximate surface area is 138 Å². The molecule has 2 fully saturated rings. The van der Waals surface area contributed by atoms with Crippen LogP contribution in [-0.2, 0) is 9.59 Å². The number of benzene rings is 1. The van der Waals surface area contributed by atoms with Gasteiger partial charge in [-0.1, -0.05) is 43.5 Å². The van der Waals surface area contributed by atoms with Crippen LogP contribution in [0.1, 0.15) is 12.8 Å². The van der Waals surface area contributed by atoms with Crippen LogP contribution in [0.3, 0.4) is 0 Å².